The number of rotatable bonds is 2. The zero-order chi connectivity index (χ0) is 9.97. The van der Waals surface area contributed by atoms with E-state index in [0.717, 1.165) is 13.2 Å². The average Bonchev–Trinajstić information content (AvgIpc) is 2.47. The van der Waals surface area contributed by atoms with E-state index in [2.05, 4.69) is 16.7 Å². The summed E-state index contributed by atoms with van der Waals surface area (Å²) in [4.78, 5) is 4.64. The topological polar surface area (TPSA) is 15.7 Å². The van der Waals surface area contributed by atoms with Crippen LogP contribution in [-0.4, -0.2) is 47.4 Å². The van der Waals surface area contributed by atoms with Crippen LogP contribution in [0.15, 0.2) is 0 Å². The van der Waals surface area contributed by atoms with Crippen LogP contribution in [0.5, 0.6) is 0 Å². The lowest BCUT2D eigenvalue weighted by Crippen LogP contribution is -2.41. The zero-order valence-electron chi connectivity index (χ0n) is 8.74. The molecule has 2 saturated heterocycles. The summed E-state index contributed by atoms with van der Waals surface area (Å²) >= 11 is 5.16. The summed E-state index contributed by atoms with van der Waals surface area (Å²) < 4.78 is 5.45. The summed E-state index contributed by atoms with van der Waals surface area (Å²) in [5.74, 6) is 0. The highest BCUT2D eigenvalue weighted by Crippen LogP contribution is 2.14. The van der Waals surface area contributed by atoms with Crippen molar-refractivity contribution >= 4 is 17.4 Å². The fourth-order valence-corrected chi connectivity index (χ4v) is 2.42. The zero-order valence-corrected chi connectivity index (χ0v) is 9.55. The molecule has 1 unspecified atom stereocenters. The summed E-state index contributed by atoms with van der Waals surface area (Å²) in [6.45, 7) is 6.42. The third kappa shape index (κ3) is 2.36. The predicted molar refractivity (Wildman–Crippen MR) is 60.1 cm³/mol. The van der Waals surface area contributed by atoms with Crippen molar-refractivity contribution in [2.24, 2.45) is 0 Å². The van der Waals surface area contributed by atoms with Gasteiger partial charge in [-0.3, -0.25) is 4.90 Å². The number of nitrogens with zero attached hydrogens (tertiary/aromatic N) is 2. The van der Waals surface area contributed by atoms with Gasteiger partial charge in [-0.15, -0.1) is 0 Å². The van der Waals surface area contributed by atoms with E-state index in [4.69, 9.17) is 17.0 Å². The Bertz CT molecular complexity index is 216. The van der Waals surface area contributed by atoms with Gasteiger partial charge in [-0.2, -0.15) is 0 Å². The Morgan fingerprint density at radius 2 is 2.07 bits per heavy atom. The van der Waals surface area contributed by atoms with Gasteiger partial charge in [-0.05, 0) is 45.1 Å². The van der Waals surface area contributed by atoms with E-state index in [0.29, 0.717) is 5.17 Å². The maximum Gasteiger partial charge on any atom is 0.260 e. The molecule has 80 valence electrons. The number of hydrogen-bond acceptors (Lipinski definition) is 3. The third-order valence-corrected chi connectivity index (χ3v) is 3.21. The molecular formula is C10H18N2OS. The summed E-state index contributed by atoms with van der Waals surface area (Å²) in [7, 11) is 0. The average molecular weight is 214 g/mol. The van der Waals surface area contributed by atoms with Gasteiger partial charge < -0.3 is 9.64 Å². The van der Waals surface area contributed by atoms with Gasteiger partial charge in [0.25, 0.3) is 5.17 Å². The second-order valence-corrected chi connectivity index (χ2v) is 4.59. The Balaban J connectivity index is 1.81. The van der Waals surface area contributed by atoms with Crippen LogP contribution in [0.2, 0.25) is 0 Å². The van der Waals surface area contributed by atoms with Crippen LogP contribution in [0.25, 0.3) is 0 Å². The van der Waals surface area contributed by atoms with Gasteiger partial charge in [0.2, 0.25) is 0 Å². The Hall–Kier alpha value is -0.350. The van der Waals surface area contributed by atoms with Crippen molar-refractivity contribution in [1.29, 1.82) is 0 Å². The molecule has 2 rings (SSSR count). The second kappa shape index (κ2) is 4.45. The molecule has 0 aromatic carbocycles. The van der Waals surface area contributed by atoms with E-state index in [1.54, 1.807) is 0 Å². The third-order valence-electron chi connectivity index (χ3n) is 2.86. The smallest absolute Gasteiger partial charge is 0.260 e. The van der Waals surface area contributed by atoms with Crippen molar-refractivity contribution in [3.8, 4) is 0 Å². The van der Waals surface area contributed by atoms with Crippen LogP contribution in [0.1, 0.15) is 26.2 Å². The molecular weight excluding hydrogens is 196 g/mol. The van der Waals surface area contributed by atoms with Crippen molar-refractivity contribution in [1.82, 2.24) is 9.80 Å². The maximum absolute atomic E-state index is 5.45. The van der Waals surface area contributed by atoms with Gasteiger partial charge in [0.05, 0.1) is 13.2 Å². The van der Waals surface area contributed by atoms with E-state index in [-0.39, 0.29) is 6.10 Å². The minimum Gasteiger partial charge on any atom is -0.466 e. The molecule has 0 N–H and O–H groups in total. The minimum atomic E-state index is 0.271. The number of thiocarbonyl (C=S) groups is 1. The van der Waals surface area contributed by atoms with Crippen LogP contribution >= 0.6 is 12.2 Å². The van der Waals surface area contributed by atoms with E-state index in [1.807, 2.05) is 0 Å². The van der Waals surface area contributed by atoms with Crippen molar-refractivity contribution in [2.45, 2.75) is 32.3 Å². The summed E-state index contributed by atoms with van der Waals surface area (Å²) in [6.07, 6.45) is 4.31. The largest absolute Gasteiger partial charge is 0.466 e. The van der Waals surface area contributed by atoms with E-state index in [9.17, 15) is 0 Å². The lowest BCUT2D eigenvalue weighted by atomic mass is 10.1. The molecule has 3 nitrogen and oxygen atoms in total. The molecule has 0 amide bonds. The van der Waals surface area contributed by atoms with Crippen molar-refractivity contribution in [3.63, 3.8) is 0 Å². The monoisotopic (exact) mass is 214 g/mol. The highest BCUT2D eigenvalue weighted by Gasteiger charge is 2.26. The maximum atomic E-state index is 5.45. The molecule has 1 atom stereocenters. The molecule has 0 aromatic rings. The van der Waals surface area contributed by atoms with E-state index >= 15 is 0 Å². The Morgan fingerprint density at radius 1 is 1.36 bits per heavy atom. The first-order valence-corrected chi connectivity index (χ1v) is 5.84. The fraction of sp³-hybridized carbons (Fsp3) is 0.900. The molecule has 0 aromatic heterocycles. The minimum absolute atomic E-state index is 0.271. The van der Waals surface area contributed by atoms with Gasteiger partial charge in [0.15, 0.2) is 0 Å². The normalized spacial score (nSPS) is 29.4. The quantitative estimate of drug-likeness (QED) is 0.646. The summed E-state index contributed by atoms with van der Waals surface area (Å²) in [6, 6.07) is 0. The van der Waals surface area contributed by atoms with Crippen LogP contribution in [0.3, 0.4) is 0 Å². The fourth-order valence-electron chi connectivity index (χ4n) is 2.13. The number of piperidine rings is 1. The molecule has 2 fully saturated rings. The van der Waals surface area contributed by atoms with Gasteiger partial charge in [0.1, 0.15) is 6.10 Å². The molecule has 0 bridgehead atoms. The molecule has 2 aliphatic rings. The predicted octanol–water partition coefficient (Wildman–Crippen LogP) is 1.44. The number of likely N-dealkylation sites (tertiary alicyclic amines) is 1. The standard InChI is InChI=1S/C10H18N2OS/c1-9-7-12(10(14)13-9)8-11-5-3-2-4-6-11/h9H,2-8H2,1H3. The number of hydrogen-bond donors (Lipinski definition) is 0. The number of ether oxygens (including phenoxy) is 1. The SMILES string of the molecule is CC1CN(CN2CCCCC2)C(=S)O1. The highest BCUT2D eigenvalue weighted by molar-refractivity contribution is 7.80. The van der Waals surface area contributed by atoms with Crippen molar-refractivity contribution in [3.05, 3.63) is 0 Å². The van der Waals surface area contributed by atoms with Crippen LogP contribution in [-0.2, 0) is 4.74 Å². The first kappa shape index (κ1) is 10.2. The van der Waals surface area contributed by atoms with Gasteiger partial charge in [-0.25, -0.2) is 0 Å². The van der Waals surface area contributed by atoms with Gasteiger partial charge >= 0.3 is 0 Å². The molecule has 2 aliphatic heterocycles. The molecule has 4 heteroatoms. The van der Waals surface area contributed by atoms with Crippen LogP contribution < -0.4 is 0 Å². The molecule has 2 heterocycles. The van der Waals surface area contributed by atoms with Crippen molar-refractivity contribution < 1.29 is 4.74 Å². The Labute approximate surface area is 91.0 Å². The second-order valence-electron chi connectivity index (χ2n) is 4.24. The van der Waals surface area contributed by atoms with Gasteiger partial charge in [-0.1, -0.05) is 6.42 Å². The lowest BCUT2D eigenvalue weighted by molar-refractivity contribution is 0.165. The van der Waals surface area contributed by atoms with Crippen molar-refractivity contribution in [2.75, 3.05) is 26.3 Å². The lowest BCUT2D eigenvalue weighted by Gasteiger charge is -2.30. The molecule has 0 spiro atoms. The summed E-state index contributed by atoms with van der Waals surface area (Å²) in [5, 5.41) is 0.683. The Morgan fingerprint density at radius 3 is 2.64 bits per heavy atom. The van der Waals surface area contributed by atoms with E-state index in [1.165, 1.54) is 32.4 Å². The summed E-state index contributed by atoms with van der Waals surface area (Å²) in [5.41, 5.74) is 0. The van der Waals surface area contributed by atoms with E-state index < -0.39 is 0 Å². The molecule has 14 heavy (non-hydrogen) atoms. The molecule has 0 radical (unpaired) electrons. The molecule has 0 saturated carbocycles. The van der Waals surface area contributed by atoms with Crippen LogP contribution in [0.4, 0.5) is 0 Å². The van der Waals surface area contributed by atoms with Crippen LogP contribution in [0, 0.1) is 0 Å². The highest BCUT2D eigenvalue weighted by atomic mass is 32.1. The Kier molecular flexibility index (Phi) is 3.23. The first-order chi connectivity index (χ1) is 6.75. The molecule has 0 aliphatic carbocycles. The van der Waals surface area contributed by atoms with Gasteiger partial charge in [0, 0.05) is 0 Å². The first-order valence-electron chi connectivity index (χ1n) is 5.43.